The summed E-state index contributed by atoms with van der Waals surface area (Å²) in [6.45, 7) is -0.371. The number of sulfonamides is 2. The number of benzene rings is 1. The second kappa shape index (κ2) is 4.38. The largest absolute Gasteiger partial charge is 0.244 e. The van der Waals surface area contributed by atoms with Crippen LogP contribution in [-0.4, -0.2) is 23.5 Å². The van der Waals surface area contributed by atoms with Crippen LogP contribution in [0.1, 0.15) is 0 Å². The molecule has 12 heteroatoms. The molecule has 0 fully saturated rings. The van der Waals surface area contributed by atoms with Crippen molar-refractivity contribution in [2.45, 2.75) is 9.79 Å². The molecule has 0 saturated heterocycles. The van der Waals surface area contributed by atoms with E-state index in [0.717, 1.165) is 17.1 Å². The topological polar surface area (TPSA) is 139 Å². The van der Waals surface area contributed by atoms with E-state index in [0.29, 0.717) is 0 Å². The standard InChI is InChI=1S/C7H7ClN4O5S2/c8-4-1-5-7(2-6(4)18(9,14)15)19(16,17)10-3-12(5)11-13/h1-2,10H,3H2,(H2,9,14,15)/i3+1,9+1,10+1. The van der Waals surface area contributed by atoms with Gasteiger partial charge in [0.05, 0.1) is 16.0 Å². The molecule has 104 valence electrons. The first-order chi connectivity index (χ1) is 8.66. The molecule has 1 heterocycles. The van der Waals surface area contributed by atoms with E-state index in [2.05, 4.69) is 5.29 Å². The minimum Gasteiger partial charge on any atom is -0.225 e. The fourth-order valence-corrected chi connectivity index (χ4v) is 3.87. The number of nitrogens with one attached hydrogen (secondary N) is 1. The Bertz CT molecular complexity index is 760. The van der Waals surface area contributed by atoms with Gasteiger partial charge in [-0.3, -0.25) is 0 Å². The van der Waals surface area contributed by atoms with Gasteiger partial charge in [-0.05, 0) is 12.1 Å². The van der Waals surface area contributed by atoms with Crippen LogP contribution < -0.4 is 14.9 Å². The number of halogens is 1. The highest BCUT2D eigenvalue weighted by Crippen LogP contribution is 2.35. The molecule has 0 radical (unpaired) electrons. The van der Waals surface area contributed by atoms with Crippen LogP contribution >= 0.6 is 11.6 Å². The molecule has 1 aromatic rings. The predicted molar refractivity (Wildman–Crippen MR) is 66.3 cm³/mol. The SMILES string of the molecule is [15NH2]S(=O)(=O)c1cc2c(cc1Cl)N(N=O)[13CH2][15NH]S2(=O)=O. The molecule has 0 saturated carbocycles. The van der Waals surface area contributed by atoms with E-state index >= 15 is 0 Å². The molecule has 0 bridgehead atoms. The first-order valence-electron chi connectivity index (χ1n) is 4.63. The summed E-state index contributed by atoms with van der Waals surface area (Å²) in [6, 6.07) is 1.79. The average Bonchev–Trinajstić information content (AvgIpc) is 2.26. The molecule has 0 amide bonds. The third-order valence-electron chi connectivity index (χ3n) is 2.39. The number of nitrogens with zero attached hydrogens (tertiary/aromatic N) is 2. The van der Waals surface area contributed by atoms with Crippen molar-refractivity contribution < 1.29 is 16.8 Å². The number of rotatable bonds is 2. The van der Waals surface area contributed by atoms with Gasteiger partial charge in [-0.1, -0.05) is 11.6 Å². The van der Waals surface area contributed by atoms with E-state index in [1.54, 1.807) is 0 Å². The average molecular weight is 330 g/mol. The van der Waals surface area contributed by atoms with Crippen LogP contribution in [0.3, 0.4) is 0 Å². The zero-order chi connectivity index (χ0) is 14.4. The van der Waals surface area contributed by atoms with Crippen molar-refractivity contribution in [1.29, 1.82) is 0 Å². The second-order valence-corrected chi connectivity index (χ2v) is 7.25. The Hall–Kier alpha value is -1.27. The molecule has 19 heavy (non-hydrogen) atoms. The maximum Gasteiger partial charge on any atom is 0.244 e. The summed E-state index contributed by atoms with van der Waals surface area (Å²) >= 11 is 5.72. The molecule has 1 aliphatic heterocycles. The summed E-state index contributed by atoms with van der Waals surface area (Å²) in [5, 5.41) is 8.01. The van der Waals surface area contributed by atoms with E-state index < -0.39 is 29.8 Å². The minimum atomic E-state index is -4.19. The van der Waals surface area contributed by atoms with Crippen LogP contribution in [0.5, 0.6) is 0 Å². The first kappa shape index (κ1) is 14.1. The van der Waals surface area contributed by atoms with Crippen molar-refractivity contribution >= 4 is 37.3 Å². The Morgan fingerprint density at radius 2 is 2.05 bits per heavy atom. The highest BCUT2D eigenvalue weighted by molar-refractivity contribution is 7.90. The lowest BCUT2D eigenvalue weighted by Gasteiger charge is -2.25. The number of primary sulfonamides is 1. The van der Waals surface area contributed by atoms with E-state index in [1.807, 2.05) is 4.72 Å². The Kier molecular flexibility index (Phi) is 3.26. The molecular formula is C7H7ClN4O5S2. The second-order valence-electron chi connectivity index (χ2n) is 3.58. The van der Waals surface area contributed by atoms with Crippen molar-refractivity contribution in [2.24, 2.45) is 10.4 Å². The summed E-state index contributed by atoms with van der Waals surface area (Å²) in [5.41, 5.74) is -0.119. The Balaban J connectivity index is 2.83. The van der Waals surface area contributed by atoms with Crippen LogP contribution in [-0.2, 0) is 20.0 Å². The lowest BCUT2D eigenvalue weighted by molar-refractivity contribution is 0.571. The maximum atomic E-state index is 11.8. The zero-order valence-electron chi connectivity index (χ0n) is 9.07. The molecule has 1 aromatic carbocycles. The van der Waals surface area contributed by atoms with Crippen LogP contribution in [0.25, 0.3) is 0 Å². The molecule has 3 N–H and O–H groups in total. The zero-order valence-corrected chi connectivity index (χ0v) is 11.5. The number of anilines is 1. The lowest BCUT2D eigenvalue weighted by Crippen LogP contribution is -2.40. The van der Waals surface area contributed by atoms with Gasteiger partial charge in [-0.25, -0.2) is 27.0 Å². The van der Waals surface area contributed by atoms with Crippen molar-refractivity contribution in [3.05, 3.63) is 22.1 Å². The van der Waals surface area contributed by atoms with Crippen LogP contribution in [0.15, 0.2) is 27.2 Å². The number of hydrogen-bond donors (Lipinski definition) is 2. The summed E-state index contributed by atoms with van der Waals surface area (Å²) in [6.07, 6.45) is 0. The van der Waals surface area contributed by atoms with Gasteiger partial charge in [0, 0.05) is 0 Å². The van der Waals surface area contributed by atoms with Crippen molar-refractivity contribution in [3.63, 3.8) is 0 Å². The molecule has 9 nitrogen and oxygen atoms in total. The molecule has 2 rings (SSSR count). The van der Waals surface area contributed by atoms with Gasteiger partial charge in [0.25, 0.3) is 0 Å². The molecular weight excluding hydrogens is 323 g/mol. The molecule has 0 aromatic heterocycles. The summed E-state index contributed by atoms with van der Waals surface area (Å²) in [4.78, 5) is 9.59. The minimum absolute atomic E-state index is 0.119. The van der Waals surface area contributed by atoms with E-state index in [9.17, 15) is 21.7 Å². The van der Waals surface area contributed by atoms with Crippen LogP contribution in [0.4, 0.5) is 5.69 Å². The summed E-state index contributed by atoms with van der Waals surface area (Å²) in [5.74, 6) is 0. The molecule has 0 spiro atoms. The van der Waals surface area contributed by atoms with E-state index in [1.165, 1.54) is 0 Å². The predicted octanol–water partition coefficient (Wildman–Crippen LogP) is -0.275. The quantitative estimate of drug-likeness (QED) is 0.434. The fourth-order valence-electron chi connectivity index (χ4n) is 1.54. The highest BCUT2D eigenvalue weighted by atomic mass is 35.5. The normalized spacial score (nSPS) is 17.9. The maximum absolute atomic E-state index is 11.8. The van der Waals surface area contributed by atoms with Gasteiger partial charge < -0.3 is 0 Å². The Labute approximate surface area is 113 Å². The third kappa shape index (κ3) is 2.42. The van der Waals surface area contributed by atoms with Crippen molar-refractivity contribution in [1.82, 2.24) is 4.72 Å². The van der Waals surface area contributed by atoms with Gasteiger partial charge in [0.1, 0.15) is 16.5 Å². The van der Waals surface area contributed by atoms with Crippen LogP contribution in [0.2, 0.25) is 5.02 Å². The monoisotopic (exact) mass is 329 g/mol. The first-order valence-corrected chi connectivity index (χ1v) is 8.04. The molecule has 1 aliphatic rings. The summed E-state index contributed by atoms with van der Waals surface area (Å²) < 4.78 is 48.1. The van der Waals surface area contributed by atoms with Gasteiger partial charge >= 0.3 is 0 Å². The fraction of sp³-hybridized carbons (Fsp3) is 0.143. The highest BCUT2D eigenvalue weighted by Gasteiger charge is 2.31. The number of nitrogens with two attached hydrogens (primary N) is 1. The van der Waals surface area contributed by atoms with Crippen molar-refractivity contribution in [3.8, 4) is 0 Å². The van der Waals surface area contributed by atoms with E-state index in [-0.39, 0.29) is 17.4 Å². The van der Waals surface area contributed by atoms with Gasteiger partial charge in [-0.15, -0.1) is 4.91 Å². The summed E-state index contributed by atoms with van der Waals surface area (Å²) in [7, 11) is -8.15. The Morgan fingerprint density at radius 1 is 1.42 bits per heavy atom. The van der Waals surface area contributed by atoms with E-state index in [4.69, 9.17) is 16.7 Å². The van der Waals surface area contributed by atoms with Gasteiger partial charge in [0.15, 0.2) is 0 Å². The lowest BCUT2D eigenvalue weighted by atomic mass is 10.3. The van der Waals surface area contributed by atoms with Crippen molar-refractivity contribution in [2.75, 3.05) is 11.7 Å². The smallest absolute Gasteiger partial charge is 0.225 e. The number of nitroso groups, excluding NO2 is 1. The third-order valence-corrected chi connectivity index (χ3v) is 5.18. The number of fused-ring (bicyclic) bond motifs is 1. The molecule has 0 unspecified atom stereocenters. The molecule has 0 atom stereocenters. The number of hydrogen-bond acceptors (Lipinski definition) is 6. The molecule has 0 aliphatic carbocycles. The van der Waals surface area contributed by atoms with Gasteiger partial charge in [0.2, 0.25) is 20.0 Å². The Morgan fingerprint density at radius 3 is 2.58 bits per heavy atom. The van der Waals surface area contributed by atoms with Gasteiger partial charge in [-0.2, -0.15) is 4.72 Å². The van der Waals surface area contributed by atoms with Crippen LogP contribution in [0, 0.1) is 4.91 Å².